The van der Waals surface area contributed by atoms with Crippen LogP contribution < -0.4 is 15.4 Å². The molecule has 0 heterocycles. The Morgan fingerprint density at radius 1 is 1.26 bits per heavy atom. The zero-order chi connectivity index (χ0) is 14.4. The number of nitrogen functional groups attached to an aromatic ring is 1. The Balaban J connectivity index is 2.81. The molecule has 19 heavy (non-hydrogen) atoms. The second kappa shape index (κ2) is 6.87. The van der Waals surface area contributed by atoms with Crippen LogP contribution in [0.4, 0.5) is 11.4 Å². The monoisotopic (exact) mass is 265 g/mol. The lowest BCUT2D eigenvalue weighted by atomic mass is 10.2. The molecule has 5 nitrogen and oxygen atoms in total. The van der Waals surface area contributed by atoms with E-state index in [0.717, 1.165) is 17.9 Å². The average molecular weight is 265 g/mol. The van der Waals surface area contributed by atoms with Crippen LogP contribution in [0, 0.1) is 0 Å². The Kier molecular flexibility index (Phi) is 5.48. The lowest BCUT2D eigenvalue weighted by Gasteiger charge is -2.22. The fourth-order valence-electron chi connectivity index (χ4n) is 1.57. The van der Waals surface area contributed by atoms with Gasteiger partial charge in [-0.05, 0) is 12.5 Å². The predicted molar refractivity (Wildman–Crippen MR) is 78.6 cm³/mol. The second-order valence-corrected chi connectivity index (χ2v) is 4.75. The number of amides is 1. The third-order valence-electron chi connectivity index (χ3n) is 2.70. The van der Waals surface area contributed by atoms with Gasteiger partial charge >= 0.3 is 0 Å². The van der Waals surface area contributed by atoms with Gasteiger partial charge in [0.15, 0.2) is 0 Å². The third kappa shape index (κ3) is 4.69. The number of nitrogens with zero attached hydrogens (tertiary/aromatic N) is 2. The molecule has 0 bridgehead atoms. The maximum absolute atomic E-state index is 11.7. The van der Waals surface area contributed by atoms with Crippen LogP contribution in [0.1, 0.15) is 13.3 Å². The first-order chi connectivity index (χ1) is 8.93. The number of likely N-dealkylation sites (N-methyl/N-ethyl adjacent to an activating group) is 2. The molecule has 5 heteroatoms. The molecular weight excluding hydrogens is 242 g/mol. The zero-order valence-electron chi connectivity index (χ0n) is 12.1. The smallest absolute Gasteiger partial charge is 0.241 e. The maximum Gasteiger partial charge on any atom is 0.241 e. The van der Waals surface area contributed by atoms with Gasteiger partial charge in [-0.25, -0.2) is 0 Å². The third-order valence-corrected chi connectivity index (χ3v) is 2.70. The minimum absolute atomic E-state index is 0.0425. The van der Waals surface area contributed by atoms with Crippen molar-refractivity contribution in [1.82, 2.24) is 4.90 Å². The van der Waals surface area contributed by atoms with Gasteiger partial charge in [0.25, 0.3) is 0 Å². The van der Waals surface area contributed by atoms with E-state index in [1.165, 1.54) is 0 Å². The minimum Gasteiger partial charge on any atom is -0.493 e. The van der Waals surface area contributed by atoms with Crippen LogP contribution in [0.15, 0.2) is 18.2 Å². The average Bonchev–Trinajstić information content (AvgIpc) is 2.35. The number of rotatable bonds is 6. The fourth-order valence-corrected chi connectivity index (χ4v) is 1.57. The summed E-state index contributed by atoms with van der Waals surface area (Å²) in [5.41, 5.74) is 7.37. The molecule has 1 rings (SSSR count). The van der Waals surface area contributed by atoms with Crippen LogP contribution >= 0.6 is 0 Å². The molecule has 0 atom stereocenters. The molecule has 0 aliphatic carbocycles. The number of hydrogen-bond donors (Lipinski definition) is 1. The van der Waals surface area contributed by atoms with Crippen molar-refractivity contribution in [2.75, 3.05) is 44.9 Å². The molecule has 0 aliphatic heterocycles. The van der Waals surface area contributed by atoms with Crippen molar-refractivity contribution in [3.05, 3.63) is 18.2 Å². The number of carbonyl (C=O) groups is 1. The van der Waals surface area contributed by atoms with Crippen LogP contribution in [-0.4, -0.2) is 45.1 Å². The van der Waals surface area contributed by atoms with Gasteiger partial charge < -0.3 is 20.3 Å². The summed E-state index contributed by atoms with van der Waals surface area (Å²) in [5.74, 6) is 0.780. The number of hydrogen-bond acceptors (Lipinski definition) is 4. The Hall–Kier alpha value is -1.91. The molecule has 0 aliphatic rings. The number of nitrogens with two attached hydrogens (primary N) is 1. The van der Waals surface area contributed by atoms with E-state index in [1.807, 2.05) is 24.1 Å². The van der Waals surface area contributed by atoms with Crippen molar-refractivity contribution in [3.8, 4) is 5.75 Å². The van der Waals surface area contributed by atoms with E-state index in [0.29, 0.717) is 18.8 Å². The molecule has 1 aromatic carbocycles. The lowest BCUT2D eigenvalue weighted by molar-refractivity contribution is -0.127. The SMILES string of the molecule is CCCOc1cc(N)cc(N(C)CC(=O)N(C)C)c1. The summed E-state index contributed by atoms with van der Waals surface area (Å²) < 4.78 is 5.58. The number of benzene rings is 1. The van der Waals surface area contributed by atoms with E-state index in [2.05, 4.69) is 6.92 Å². The molecule has 106 valence electrons. The number of carbonyl (C=O) groups excluding carboxylic acids is 1. The number of ether oxygens (including phenoxy) is 1. The predicted octanol–water partition coefficient (Wildman–Crippen LogP) is 1.58. The zero-order valence-corrected chi connectivity index (χ0v) is 12.1. The first-order valence-electron chi connectivity index (χ1n) is 6.38. The van der Waals surface area contributed by atoms with Gasteiger partial charge in [-0.2, -0.15) is 0 Å². The second-order valence-electron chi connectivity index (χ2n) is 4.75. The standard InChI is InChI=1S/C14H23N3O2/c1-5-6-19-13-8-11(15)7-12(9-13)17(4)10-14(18)16(2)3/h7-9H,5-6,10,15H2,1-4H3. The molecule has 0 unspecified atom stereocenters. The van der Waals surface area contributed by atoms with Crippen molar-refractivity contribution < 1.29 is 9.53 Å². The molecule has 2 N–H and O–H groups in total. The Bertz CT molecular complexity index is 433. The van der Waals surface area contributed by atoms with Gasteiger partial charge in [0.05, 0.1) is 13.2 Å². The summed E-state index contributed by atoms with van der Waals surface area (Å²) in [5, 5.41) is 0. The van der Waals surface area contributed by atoms with Gasteiger partial charge in [0.2, 0.25) is 5.91 Å². The quantitative estimate of drug-likeness (QED) is 0.793. The normalized spacial score (nSPS) is 10.1. The van der Waals surface area contributed by atoms with Crippen LogP contribution in [0.2, 0.25) is 0 Å². The van der Waals surface area contributed by atoms with E-state index in [9.17, 15) is 4.79 Å². The highest BCUT2D eigenvalue weighted by Crippen LogP contribution is 2.25. The summed E-state index contributed by atoms with van der Waals surface area (Å²) in [6, 6.07) is 5.53. The molecule has 0 spiro atoms. The maximum atomic E-state index is 11.7. The molecule has 0 fully saturated rings. The largest absolute Gasteiger partial charge is 0.493 e. The van der Waals surface area contributed by atoms with Crippen LogP contribution in [0.3, 0.4) is 0 Å². The Morgan fingerprint density at radius 2 is 1.95 bits per heavy atom. The van der Waals surface area contributed by atoms with Gasteiger partial charge in [-0.15, -0.1) is 0 Å². The molecule has 1 amide bonds. The molecule has 0 radical (unpaired) electrons. The highest BCUT2D eigenvalue weighted by Gasteiger charge is 2.10. The molecular formula is C14H23N3O2. The molecule has 0 aromatic heterocycles. The Labute approximate surface area is 114 Å². The first kappa shape index (κ1) is 15.1. The number of anilines is 2. The summed E-state index contributed by atoms with van der Waals surface area (Å²) in [6.45, 7) is 3.02. The fraction of sp³-hybridized carbons (Fsp3) is 0.500. The Morgan fingerprint density at radius 3 is 2.53 bits per heavy atom. The van der Waals surface area contributed by atoms with Crippen LogP contribution in [0.25, 0.3) is 0 Å². The van der Waals surface area contributed by atoms with E-state index in [-0.39, 0.29) is 5.91 Å². The van der Waals surface area contributed by atoms with Crippen molar-refractivity contribution in [2.24, 2.45) is 0 Å². The molecule has 0 saturated carbocycles. The summed E-state index contributed by atoms with van der Waals surface area (Å²) in [7, 11) is 5.34. The highest BCUT2D eigenvalue weighted by atomic mass is 16.5. The molecule has 0 saturated heterocycles. The van der Waals surface area contributed by atoms with E-state index in [1.54, 1.807) is 25.1 Å². The van der Waals surface area contributed by atoms with E-state index < -0.39 is 0 Å². The van der Waals surface area contributed by atoms with Gasteiger partial charge in [0.1, 0.15) is 5.75 Å². The van der Waals surface area contributed by atoms with Crippen molar-refractivity contribution in [1.29, 1.82) is 0 Å². The summed E-state index contributed by atoms with van der Waals surface area (Å²) in [4.78, 5) is 15.1. The van der Waals surface area contributed by atoms with Gasteiger partial charge in [0, 0.05) is 44.7 Å². The van der Waals surface area contributed by atoms with Crippen LogP contribution in [0.5, 0.6) is 5.75 Å². The highest BCUT2D eigenvalue weighted by molar-refractivity contribution is 5.81. The summed E-state index contributed by atoms with van der Waals surface area (Å²) in [6.07, 6.45) is 0.944. The summed E-state index contributed by atoms with van der Waals surface area (Å²) >= 11 is 0. The van der Waals surface area contributed by atoms with Crippen molar-refractivity contribution >= 4 is 17.3 Å². The first-order valence-corrected chi connectivity index (χ1v) is 6.38. The van der Waals surface area contributed by atoms with Crippen molar-refractivity contribution in [3.63, 3.8) is 0 Å². The van der Waals surface area contributed by atoms with Gasteiger partial charge in [-0.1, -0.05) is 6.92 Å². The topological polar surface area (TPSA) is 58.8 Å². The molecule has 1 aromatic rings. The minimum atomic E-state index is 0.0425. The van der Waals surface area contributed by atoms with E-state index >= 15 is 0 Å². The van der Waals surface area contributed by atoms with E-state index in [4.69, 9.17) is 10.5 Å². The lowest BCUT2D eigenvalue weighted by Crippen LogP contribution is -2.34. The van der Waals surface area contributed by atoms with Crippen molar-refractivity contribution in [2.45, 2.75) is 13.3 Å². The van der Waals surface area contributed by atoms with Gasteiger partial charge in [-0.3, -0.25) is 4.79 Å². The van der Waals surface area contributed by atoms with Crippen LogP contribution in [-0.2, 0) is 4.79 Å².